The Balaban J connectivity index is 2.12. The first-order valence-corrected chi connectivity index (χ1v) is 6.87. The van der Waals surface area contributed by atoms with Crippen molar-refractivity contribution in [1.82, 2.24) is 5.32 Å². The minimum atomic E-state index is -0.563. The first-order chi connectivity index (χ1) is 9.70. The molecule has 2 aromatic rings. The van der Waals surface area contributed by atoms with Gasteiger partial charge >= 0.3 is 0 Å². The molecule has 0 bridgehead atoms. The van der Waals surface area contributed by atoms with E-state index in [9.17, 15) is 9.18 Å². The van der Waals surface area contributed by atoms with E-state index >= 15 is 0 Å². The number of halogens is 1. The van der Waals surface area contributed by atoms with Gasteiger partial charge in [0.1, 0.15) is 5.82 Å². The summed E-state index contributed by atoms with van der Waals surface area (Å²) >= 11 is 1.53. The highest BCUT2D eigenvalue weighted by Gasteiger charge is 2.12. The van der Waals surface area contributed by atoms with E-state index in [-0.39, 0.29) is 12.1 Å². The molecule has 0 spiro atoms. The molecule has 1 amide bonds. The Hall–Kier alpha value is -2.16. The molecule has 0 radical (unpaired) electrons. The maximum absolute atomic E-state index is 13.7. The van der Waals surface area contributed by atoms with Gasteiger partial charge in [0.05, 0.1) is 18.7 Å². The molecule has 0 aliphatic heterocycles. The number of benzene rings is 1. The third kappa shape index (κ3) is 3.67. The van der Waals surface area contributed by atoms with E-state index < -0.39 is 11.7 Å². The Morgan fingerprint density at radius 3 is 2.95 bits per heavy atom. The summed E-state index contributed by atoms with van der Waals surface area (Å²) in [5.74, 6) is 4.43. The largest absolute Gasteiger partial charge is 0.347 e. The first kappa shape index (κ1) is 14.3. The van der Waals surface area contributed by atoms with E-state index in [1.165, 1.54) is 29.5 Å². The van der Waals surface area contributed by atoms with Crippen LogP contribution in [0.1, 0.15) is 20.8 Å². The number of carbonyl (C=O) groups is 1. The summed E-state index contributed by atoms with van der Waals surface area (Å²) in [4.78, 5) is 13.0. The molecule has 0 aliphatic carbocycles. The lowest BCUT2D eigenvalue weighted by Crippen LogP contribution is -2.23. The second kappa shape index (κ2) is 6.85. The lowest BCUT2D eigenvalue weighted by atomic mass is 10.1. The van der Waals surface area contributed by atoms with Crippen LogP contribution in [0.4, 0.5) is 4.39 Å². The van der Waals surface area contributed by atoms with Gasteiger partial charge in [0, 0.05) is 10.4 Å². The molecule has 0 atom stereocenters. The van der Waals surface area contributed by atoms with E-state index in [0.717, 1.165) is 4.88 Å². The van der Waals surface area contributed by atoms with Crippen LogP contribution in [-0.4, -0.2) is 12.5 Å². The number of carbonyl (C=O) groups excluding carboxylic acids is 1. The molecular formula is C15H13FN2OS. The summed E-state index contributed by atoms with van der Waals surface area (Å²) < 4.78 is 13.7. The molecule has 0 aliphatic rings. The number of nitrogens with two attached hydrogens (primary N) is 1. The molecule has 0 unspecified atom stereocenters. The normalized spacial score (nSPS) is 9.70. The van der Waals surface area contributed by atoms with Crippen molar-refractivity contribution in [3.63, 3.8) is 0 Å². The zero-order valence-electron chi connectivity index (χ0n) is 10.7. The van der Waals surface area contributed by atoms with Crippen LogP contribution in [-0.2, 0) is 6.54 Å². The first-order valence-electron chi connectivity index (χ1n) is 6.00. The zero-order chi connectivity index (χ0) is 14.4. The van der Waals surface area contributed by atoms with Crippen molar-refractivity contribution in [2.45, 2.75) is 6.54 Å². The quantitative estimate of drug-likeness (QED) is 0.850. The Bertz CT molecular complexity index is 656. The van der Waals surface area contributed by atoms with Gasteiger partial charge in [0.25, 0.3) is 5.91 Å². The molecule has 1 aromatic heterocycles. The van der Waals surface area contributed by atoms with Gasteiger partial charge in [0.15, 0.2) is 0 Å². The molecule has 3 N–H and O–H groups in total. The fraction of sp³-hybridized carbons (Fsp3) is 0.133. The van der Waals surface area contributed by atoms with Gasteiger partial charge in [-0.25, -0.2) is 4.39 Å². The van der Waals surface area contributed by atoms with E-state index in [1.807, 2.05) is 17.5 Å². The molecule has 2 rings (SSSR count). The number of nitrogens with one attached hydrogen (secondary N) is 1. The van der Waals surface area contributed by atoms with Crippen LogP contribution in [0, 0.1) is 17.7 Å². The summed E-state index contributed by atoms with van der Waals surface area (Å²) in [6.45, 7) is 0.603. The van der Waals surface area contributed by atoms with E-state index in [2.05, 4.69) is 17.2 Å². The minimum absolute atomic E-state index is 0.00891. The third-order valence-electron chi connectivity index (χ3n) is 2.55. The Kier molecular flexibility index (Phi) is 4.88. The summed E-state index contributed by atoms with van der Waals surface area (Å²) in [5, 5.41) is 4.61. The van der Waals surface area contributed by atoms with Crippen LogP contribution in [0.2, 0.25) is 0 Å². The van der Waals surface area contributed by atoms with Crippen molar-refractivity contribution in [3.8, 4) is 11.8 Å². The van der Waals surface area contributed by atoms with Crippen LogP contribution < -0.4 is 11.1 Å². The van der Waals surface area contributed by atoms with Gasteiger partial charge < -0.3 is 11.1 Å². The molecule has 0 saturated heterocycles. The molecular weight excluding hydrogens is 275 g/mol. The smallest absolute Gasteiger partial charge is 0.254 e. The Morgan fingerprint density at radius 2 is 2.25 bits per heavy atom. The summed E-state index contributed by atoms with van der Waals surface area (Å²) in [7, 11) is 0. The number of rotatable bonds is 3. The Morgan fingerprint density at radius 1 is 1.40 bits per heavy atom. The van der Waals surface area contributed by atoms with Gasteiger partial charge in [-0.05, 0) is 29.6 Å². The van der Waals surface area contributed by atoms with Crippen LogP contribution in [0.3, 0.4) is 0 Å². The maximum atomic E-state index is 13.7. The number of hydrogen-bond acceptors (Lipinski definition) is 3. The second-order valence-corrected chi connectivity index (χ2v) is 4.99. The average Bonchev–Trinajstić information content (AvgIpc) is 2.97. The highest BCUT2D eigenvalue weighted by atomic mass is 32.1. The average molecular weight is 288 g/mol. The second-order valence-electron chi connectivity index (χ2n) is 3.96. The van der Waals surface area contributed by atoms with Gasteiger partial charge in [-0.3, -0.25) is 4.79 Å². The highest BCUT2D eigenvalue weighted by Crippen LogP contribution is 2.12. The topological polar surface area (TPSA) is 55.1 Å². The van der Waals surface area contributed by atoms with Crippen molar-refractivity contribution in [2.75, 3.05) is 6.54 Å². The monoisotopic (exact) mass is 288 g/mol. The number of thiophene rings is 1. The molecule has 0 saturated carbocycles. The Labute approximate surface area is 120 Å². The van der Waals surface area contributed by atoms with E-state index in [0.29, 0.717) is 12.1 Å². The van der Waals surface area contributed by atoms with Gasteiger partial charge in [-0.1, -0.05) is 17.9 Å². The third-order valence-corrected chi connectivity index (χ3v) is 3.43. The molecule has 1 heterocycles. The lowest BCUT2D eigenvalue weighted by Gasteiger charge is -2.05. The van der Waals surface area contributed by atoms with Crippen molar-refractivity contribution in [2.24, 2.45) is 5.73 Å². The molecule has 1 aromatic carbocycles. The van der Waals surface area contributed by atoms with Crippen LogP contribution in [0.25, 0.3) is 0 Å². The van der Waals surface area contributed by atoms with Crippen molar-refractivity contribution in [1.29, 1.82) is 0 Å². The fourth-order valence-electron chi connectivity index (χ4n) is 1.61. The van der Waals surface area contributed by atoms with Crippen LogP contribution in [0.15, 0.2) is 35.7 Å². The maximum Gasteiger partial charge on any atom is 0.254 e. The van der Waals surface area contributed by atoms with Gasteiger partial charge in [0.2, 0.25) is 0 Å². The molecule has 3 nitrogen and oxygen atoms in total. The summed E-state index contributed by atoms with van der Waals surface area (Å²) in [6, 6.07) is 8.00. The molecule has 20 heavy (non-hydrogen) atoms. The standard InChI is InChI=1S/C15H13FN2OS/c16-14-6-5-11(3-1-7-17)9-13(14)15(19)18-10-12-4-2-8-20-12/h2,4-6,8-9H,7,10,17H2,(H,18,19). The molecule has 102 valence electrons. The van der Waals surface area contributed by atoms with Crippen molar-refractivity contribution >= 4 is 17.2 Å². The van der Waals surface area contributed by atoms with Crippen LogP contribution >= 0.6 is 11.3 Å². The zero-order valence-corrected chi connectivity index (χ0v) is 11.5. The SMILES string of the molecule is NCC#Cc1ccc(F)c(C(=O)NCc2cccs2)c1. The highest BCUT2D eigenvalue weighted by molar-refractivity contribution is 7.09. The van der Waals surface area contributed by atoms with Crippen molar-refractivity contribution in [3.05, 3.63) is 57.5 Å². The van der Waals surface area contributed by atoms with Crippen LogP contribution in [0.5, 0.6) is 0 Å². The summed E-state index contributed by atoms with van der Waals surface area (Å²) in [5.41, 5.74) is 5.84. The van der Waals surface area contributed by atoms with E-state index in [1.54, 1.807) is 0 Å². The minimum Gasteiger partial charge on any atom is -0.347 e. The molecule has 5 heteroatoms. The number of amides is 1. The van der Waals surface area contributed by atoms with E-state index in [4.69, 9.17) is 5.73 Å². The lowest BCUT2D eigenvalue weighted by molar-refractivity contribution is 0.0947. The fourth-order valence-corrected chi connectivity index (χ4v) is 2.25. The predicted octanol–water partition coefficient (Wildman–Crippen LogP) is 2.13. The molecule has 0 fully saturated rings. The number of hydrogen-bond donors (Lipinski definition) is 2. The summed E-state index contributed by atoms with van der Waals surface area (Å²) in [6.07, 6.45) is 0. The predicted molar refractivity (Wildman–Crippen MR) is 77.8 cm³/mol. The van der Waals surface area contributed by atoms with Gasteiger partial charge in [-0.2, -0.15) is 0 Å². The van der Waals surface area contributed by atoms with Gasteiger partial charge in [-0.15, -0.1) is 11.3 Å². The van der Waals surface area contributed by atoms with Crippen molar-refractivity contribution < 1.29 is 9.18 Å².